The Morgan fingerprint density at radius 1 is 1.59 bits per heavy atom. The van der Waals surface area contributed by atoms with Crippen molar-refractivity contribution < 1.29 is 9.90 Å². The van der Waals surface area contributed by atoms with Crippen molar-refractivity contribution in [2.24, 2.45) is 0 Å². The molecule has 2 aromatic heterocycles. The number of aromatic nitrogens is 2. The number of carbonyl (C=O) groups is 1. The van der Waals surface area contributed by atoms with Crippen molar-refractivity contribution in [3.05, 3.63) is 17.8 Å². The number of aliphatic carboxylic acids is 1. The van der Waals surface area contributed by atoms with Gasteiger partial charge in [-0.25, -0.2) is 14.8 Å². The molecule has 2 aromatic rings. The average Bonchev–Trinajstić information content (AvgIpc) is 2.77. The molecule has 2 N–H and O–H groups in total. The van der Waals surface area contributed by atoms with Crippen molar-refractivity contribution in [3.8, 4) is 0 Å². The van der Waals surface area contributed by atoms with Gasteiger partial charge in [0, 0.05) is 0 Å². The highest BCUT2D eigenvalue weighted by molar-refractivity contribution is 7.17. The monoisotopic (exact) mass is 251 g/mol. The summed E-state index contributed by atoms with van der Waals surface area (Å²) in [4.78, 5) is 19.3. The molecule has 0 spiro atoms. The number of rotatable bonds is 5. The lowest BCUT2D eigenvalue weighted by atomic mass is 10.2. The minimum atomic E-state index is -0.852. The number of hydrogen-bond acceptors (Lipinski definition) is 5. The zero-order valence-corrected chi connectivity index (χ0v) is 10.2. The molecule has 0 fully saturated rings. The maximum absolute atomic E-state index is 11.1. The highest BCUT2D eigenvalue weighted by Crippen LogP contribution is 2.25. The quantitative estimate of drug-likeness (QED) is 0.853. The summed E-state index contributed by atoms with van der Waals surface area (Å²) in [6, 6.07) is 1.29. The lowest BCUT2D eigenvalue weighted by molar-refractivity contribution is -0.138. The number of hydrogen-bond donors (Lipinski definition) is 2. The first kappa shape index (κ1) is 11.8. The van der Waals surface area contributed by atoms with E-state index in [0.29, 0.717) is 12.2 Å². The van der Waals surface area contributed by atoms with Crippen LogP contribution in [-0.2, 0) is 4.79 Å². The van der Waals surface area contributed by atoms with Crippen LogP contribution in [0.1, 0.15) is 19.8 Å². The van der Waals surface area contributed by atoms with Crippen molar-refractivity contribution in [3.63, 3.8) is 0 Å². The van der Waals surface area contributed by atoms with Crippen molar-refractivity contribution in [2.45, 2.75) is 25.8 Å². The van der Waals surface area contributed by atoms with E-state index in [-0.39, 0.29) is 0 Å². The van der Waals surface area contributed by atoms with Crippen LogP contribution in [0.3, 0.4) is 0 Å². The van der Waals surface area contributed by atoms with Crippen molar-refractivity contribution in [1.82, 2.24) is 9.97 Å². The zero-order valence-electron chi connectivity index (χ0n) is 9.38. The zero-order chi connectivity index (χ0) is 12.3. The summed E-state index contributed by atoms with van der Waals surface area (Å²) >= 11 is 1.51. The van der Waals surface area contributed by atoms with Gasteiger partial charge in [-0.1, -0.05) is 13.3 Å². The lowest BCUT2D eigenvalue weighted by Crippen LogP contribution is -2.29. The van der Waals surface area contributed by atoms with Gasteiger partial charge in [-0.05, 0) is 17.9 Å². The van der Waals surface area contributed by atoms with E-state index in [9.17, 15) is 4.79 Å². The number of fused-ring (bicyclic) bond motifs is 1. The van der Waals surface area contributed by atoms with E-state index in [1.165, 1.54) is 17.7 Å². The number of carboxylic acids is 1. The Kier molecular flexibility index (Phi) is 3.53. The molecule has 0 aliphatic rings. The smallest absolute Gasteiger partial charge is 0.326 e. The molecule has 90 valence electrons. The molecule has 0 saturated carbocycles. The third kappa shape index (κ3) is 2.52. The van der Waals surface area contributed by atoms with Gasteiger partial charge in [-0.3, -0.25) is 0 Å². The first-order valence-corrected chi connectivity index (χ1v) is 6.28. The molecule has 1 atom stereocenters. The minimum absolute atomic E-state index is 0.576. The van der Waals surface area contributed by atoms with E-state index in [4.69, 9.17) is 5.11 Å². The van der Waals surface area contributed by atoms with Gasteiger partial charge in [0.1, 0.15) is 18.2 Å². The number of thiophene rings is 1. The molecule has 0 aliphatic carbocycles. The molecule has 2 rings (SSSR count). The van der Waals surface area contributed by atoms with Crippen LogP contribution in [0.2, 0.25) is 0 Å². The molecule has 0 radical (unpaired) electrons. The maximum atomic E-state index is 11.1. The molecule has 0 saturated heterocycles. The van der Waals surface area contributed by atoms with Crippen LogP contribution in [0, 0.1) is 0 Å². The van der Waals surface area contributed by atoms with Crippen LogP contribution in [0.15, 0.2) is 17.8 Å². The molecule has 6 heteroatoms. The van der Waals surface area contributed by atoms with Gasteiger partial charge in [0.25, 0.3) is 0 Å². The molecule has 17 heavy (non-hydrogen) atoms. The Bertz CT molecular complexity index is 526. The highest BCUT2D eigenvalue weighted by Gasteiger charge is 2.17. The van der Waals surface area contributed by atoms with Crippen LogP contribution in [0.4, 0.5) is 5.82 Å². The summed E-state index contributed by atoms with van der Waals surface area (Å²) in [6.07, 6.45) is 2.83. The minimum Gasteiger partial charge on any atom is -0.480 e. The molecule has 1 unspecified atom stereocenters. The fourth-order valence-electron chi connectivity index (χ4n) is 1.60. The fourth-order valence-corrected chi connectivity index (χ4v) is 2.40. The second-order valence-corrected chi connectivity index (χ2v) is 4.60. The van der Waals surface area contributed by atoms with Crippen LogP contribution in [-0.4, -0.2) is 27.1 Å². The normalized spacial score (nSPS) is 12.5. The van der Waals surface area contributed by atoms with E-state index >= 15 is 0 Å². The summed E-state index contributed by atoms with van der Waals surface area (Å²) in [6.45, 7) is 1.96. The Morgan fingerprint density at radius 3 is 3.12 bits per heavy atom. The molecule has 0 aromatic carbocycles. The van der Waals surface area contributed by atoms with Crippen LogP contribution < -0.4 is 5.32 Å². The summed E-state index contributed by atoms with van der Waals surface area (Å²) in [5.74, 6) is -0.249. The standard InChI is InChI=1S/C11H13N3O2S/c1-2-3-8(11(15)16)14-10-9-7(4-5-17-9)12-6-13-10/h4-6,8H,2-3H2,1H3,(H,15,16)(H,12,13,14). The Labute approximate surface area is 103 Å². The second kappa shape index (κ2) is 5.09. The van der Waals surface area contributed by atoms with E-state index in [1.807, 2.05) is 18.4 Å². The molecule has 0 aliphatic heterocycles. The van der Waals surface area contributed by atoms with Gasteiger partial charge >= 0.3 is 5.97 Å². The van der Waals surface area contributed by atoms with Crippen LogP contribution in [0.25, 0.3) is 10.2 Å². The van der Waals surface area contributed by atoms with Crippen LogP contribution >= 0.6 is 11.3 Å². The van der Waals surface area contributed by atoms with E-state index in [2.05, 4.69) is 15.3 Å². The third-order valence-corrected chi connectivity index (χ3v) is 3.34. The summed E-state index contributed by atoms with van der Waals surface area (Å²) in [5, 5.41) is 14.0. The van der Waals surface area contributed by atoms with Crippen LogP contribution in [0.5, 0.6) is 0 Å². The third-order valence-electron chi connectivity index (χ3n) is 2.43. The Balaban J connectivity index is 2.27. The molecule has 0 amide bonds. The summed E-state index contributed by atoms with van der Waals surface area (Å²) in [7, 11) is 0. The summed E-state index contributed by atoms with van der Waals surface area (Å²) < 4.78 is 0.898. The van der Waals surface area contributed by atoms with E-state index < -0.39 is 12.0 Å². The first-order valence-electron chi connectivity index (χ1n) is 5.40. The molecule has 5 nitrogen and oxygen atoms in total. The summed E-state index contributed by atoms with van der Waals surface area (Å²) in [5.41, 5.74) is 0.841. The van der Waals surface area contributed by atoms with E-state index in [0.717, 1.165) is 16.6 Å². The highest BCUT2D eigenvalue weighted by atomic mass is 32.1. The topological polar surface area (TPSA) is 75.1 Å². The Morgan fingerprint density at radius 2 is 2.41 bits per heavy atom. The first-order chi connectivity index (χ1) is 8.22. The SMILES string of the molecule is CCCC(Nc1ncnc2ccsc12)C(=O)O. The van der Waals surface area contributed by atoms with Gasteiger partial charge in [0.2, 0.25) is 0 Å². The number of carboxylic acid groups (broad SMARTS) is 1. The average molecular weight is 251 g/mol. The lowest BCUT2D eigenvalue weighted by Gasteiger charge is -2.14. The van der Waals surface area contributed by atoms with Gasteiger partial charge in [-0.2, -0.15) is 0 Å². The predicted octanol–water partition coefficient (Wildman–Crippen LogP) is 2.36. The maximum Gasteiger partial charge on any atom is 0.326 e. The van der Waals surface area contributed by atoms with Gasteiger partial charge in [-0.15, -0.1) is 11.3 Å². The second-order valence-electron chi connectivity index (χ2n) is 3.68. The molecular formula is C11H13N3O2S. The van der Waals surface area contributed by atoms with Gasteiger partial charge in [0.05, 0.1) is 10.2 Å². The fraction of sp³-hybridized carbons (Fsp3) is 0.364. The Hall–Kier alpha value is -1.69. The largest absolute Gasteiger partial charge is 0.480 e. The van der Waals surface area contributed by atoms with Crippen molar-refractivity contribution in [2.75, 3.05) is 5.32 Å². The van der Waals surface area contributed by atoms with Gasteiger partial charge < -0.3 is 10.4 Å². The molecule has 2 heterocycles. The number of nitrogens with zero attached hydrogens (tertiary/aromatic N) is 2. The predicted molar refractivity (Wildman–Crippen MR) is 67.4 cm³/mol. The van der Waals surface area contributed by atoms with Crippen molar-refractivity contribution >= 4 is 33.3 Å². The number of nitrogens with one attached hydrogen (secondary N) is 1. The molecule has 0 bridgehead atoms. The number of anilines is 1. The van der Waals surface area contributed by atoms with Crippen molar-refractivity contribution in [1.29, 1.82) is 0 Å². The van der Waals surface area contributed by atoms with E-state index in [1.54, 1.807) is 0 Å². The molecular weight excluding hydrogens is 238 g/mol. The van der Waals surface area contributed by atoms with Gasteiger partial charge in [0.15, 0.2) is 0 Å².